The van der Waals surface area contributed by atoms with Gasteiger partial charge in [-0.3, -0.25) is 9.59 Å². The highest BCUT2D eigenvalue weighted by molar-refractivity contribution is 5.73. The summed E-state index contributed by atoms with van der Waals surface area (Å²) in [7, 11) is 0. The monoisotopic (exact) mass is 1190 g/mol. The lowest BCUT2D eigenvalue weighted by atomic mass is 9.93. The normalized spacial score (nSPS) is 50.8. The topological polar surface area (TPSA) is 563 Å². The van der Waals surface area contributed by atoms with Crippen LogP contribution in [-0.4, -0.2) is 357 Å². The molecule has 36 nitrogen and oxygen atoms in total. The van der Waals surface area contributed by atoms with E-state index >= 15 is 0 Å². The van der Waals surface area contributed by atoms with Crippen LogP contribution in [0.5, 0.6) is 0 Å². The maximum Gasteiger partial charge on any atom is 0.217 e. The fourth-order valence-electron chi connectivity index (χ4n) is 10.3. The van der Waals surface area contributed by atoms with Crippen LogP contribution in [0.3, 0.4) is 0 Å². The smallest absolute Gasteiger partial charge is 0.217 e. The SMILES string of the molecule is CC(=O)N[C@@H]1[C@@H](O[C@@H]2O[C@@H](C)[C@@H](O)[C@@H](O)[C@@H]2O)[C@H](O[C@@H]2O[C@H](CO)[C@@H](O[C@@H]3O[C@H](CO[C@H]4O[C@@H](CO)[C@@H](O)[C@H](O)[C@@H]4O)[C@@H](O)[C@H](O[C@H]4O[C@H](CO)[C@@H](O)[C@H](O)[C@@H]4O)[C@@H]3O[C@@H]3OC[C@@H](O)[C@H](O)[C@H]3O)[C@H](O)[C@H]2NC(C)=O)[C@@H](CO)O[C@H]1O. The van der Waals surface area contributed by atoms with Crippen LogP contribution >= 0.6 is 0 Å². The Morgan fingerprint density at radius 2 is 0.840 bits per heavy atom. The number of nitrogens with one attached hydrogen (secondary N) is 2. The lowest BCUT2D eigenvalue weighted by Crippen LogP contribution is -2.71. The Bertz CT molecular complexity index is 1990. The summed E-state index contributed by atoms with van der Waals surface area (Å²) < 4.78 is 76.4. The third kappa shape index (κ3) is 14.4. The van der Waals surface area contributed by atoms with Gasteiger partial charge in [0.05, 0.1) is 45.7 Å². The molecular formula is C45H76N2O34. The molecule has 0 aromatic carbocycles. The van der Waals surface area contributed by atoms with Crippen LogP contribution in [0.2, 0.25) is 0 Å². The summed E-state index contributed by atoms with van der Waals surface area (Å²) in [6.07, 6.45) is -61.9. The van der Waals surface area contributed by atoms with E-state index in [-0.39, 0.29) is 0 Å². The lowest BCUT2D eigenvalue weighted by molar-refractivity contribution is -0.405. The first kappa shape index (κ1) is 66.2. The van der Waals surface area contributed by atoms with E-state index < -0.39 is 260 Å². The minimum Gasteiger partial charge on any atom is -0.394 e. The zero-order chi connectivity index (χ0) is 59.6. The van der Waals surface area contributed by atoms with Crippen molar-refractivity contribution in [2.45, 2.75) is 229 Å². The molecule has 7 aliphatic rings. The van der Waals surface area contributed by atoms with Gasteiger partial charge in [0.15, 0.2) is 44.0 Å². The number of amides is 2. The lowest BCUT2D eigenvalue weighted by Gasteiger charge is -2.52. The van der Waals surface area contributed by atoms with E-state index in [1.54, 1.807) is 0 Å². The fraction of sp³-hybridized carbons (Fsp3) is 0.956. The Balaban J connectivity index is 1.25. The summed E-state index contributed by atoms with van der Waals surface area (Å²) in [6, 6.07) is -3.57. The molecule has 7 aliphatic heterocycles. The second-order valence-electron chi connectivity index (χ2n) is 20.6. The van der Waals surface area contributed by atoms with Gasteiger partial charge in [0.2, 0.25) is 11.8 Å². The molecule has 0 spiro atoms. The van der Waals surface area contributed by atoms with Gasteiger partial charge < -0.3 is 169 Å². The van der Waals surface area contributed by atoms with Crippen molar-refractivity contribution in [3.8, 4) is 0 Å². The Kier molecular flexibility index (Phi) is 23.2. The molecule has 0 aromatic heterocycles. The molecule has 81 heavy (non-hydrogen) atoms. The van der Waals surface area contributed by atoms with Gasteiger partial charge in [-0.25, -0.2) is 0 Å². The molecule has 0 saturated carbocycles. The van der Waals surface area contributed by atoms with E-state index in [1.807, 2.05) is 0 Å². The molecule has 0 aromatic rings. The van der Waals surface area contributed by atoms with Gasteiger partial charge in [0.25, 0.3) is 0 Å². The zero-order valence-electron chi connectivity index (χ0n) is 43.5. The van der Waals surface area contributed by atoms with Crippen LogP contribution in [0.15, 0.2) is 0 Å². The molecule has 7 rings (SSSR count). The number of ether oxygens (including phenoxy) is 13. The van der Waals surface area contributed by atoms with Crippen LogP contribution in [0.25, 0.3) is 0 Å². The molecule has 21 N–H and O–H groups in total. The van der Waals surface area contributed by atoms with Gasteiger partial charge >= 0.3 is 0 Å². The first-order chi connectivity index (χ1) is 38.3. The summed E-state index contributed by atoms with van der Waals surface area (Å²) in [5.41, 5.74) is 0. The standard InChI is InChI=1S/C45H76N2O34/c1-10-21(55)27(61)32(66)43(71-10)79-36-20(47-12(3)53)39(68)72-17(7-51)35(36)78-40-19(46-11(2)52)26(60)34(16(6-50)75-40)77-45-38(81-42-30(64)22(56)13(54)8-69-42)37(80-44-33(67)29(63)24(58)15(5-49)74-44)25(59)18(76-45)9-70-41-31(65)28(62)23(57)14(4-48)73-41/h10,13-45,48-51,54-68H,4-9H2,1-3H3,(H,46,52)(H,47,53)/t10-,13+,14-,15+,16+,17+,18+,19+,20+,21+,22-,23+,24+,25+,26+,27+,28-,29-,30+,31-,32-,33-,34+,35+,36+,37-,38-,39+,40-,41-,42-,43-,44+,45-/m0/s1. The van der Waals surface area contributed by atoms with Gasteiger partial charge in [-0.15, -0.1) is 0 Å². The van der Waals surface area contributed by atoms with Crippen molar-refractivity contribution >= 4 is 11.8 Å². The van der Waals surface area contributed by atoms with Crippen molar-refractivity contribution in [3.05, 3.63) is 0 Å². The number of carbonyl (C=O) groups is 2. The average molecular weight is 1190 g/mol. The van der Waals surface area contributed by atoms with Crippen molar-refractivity contribution < 1.29 is 168 Å². The Labute approximate surface area is 459 Å². The van der Waals surface area contributed by atoms with Crippen molar-refractivity contribution in [3.63, 3.8) is 0 Å². The van der Waals surface area contributed by atoms with Gasteiger partial charge in [-0.05, 0) is 6.92 Å². The largest absolute Gasteiger partial charge is 0.394 e. The molecular weight excluding hydrogens is 1110 g/mol. The summed E-state index contributed by atoms with van der Waals surface area (Å²) in [4.78, 5) is 25.5. The molecule has 7 saturated heterocycles. The van der Waals surface area contributed by atoms with E-state index in [9.17, 15) is 107 Å². The second-order valence-corrected chi connectivity index (χ2v) is 20.6. The van der Waals surface area contributed by atoms with E-state index in [4.69, 9.17) is 61.6 Å². The minimum atomic E-state index is -2.26. The summed E-state index contributed by atoms with van der Waals surface area (Å²) in [5, 5.41) is 210. The average Bonchev–Trinajstić information content (AvgIpc) is 3.63. The number of aliphatic hydroxyl groups excluding tert-OH is 19. The van der Waals surface area contributed by atoms with E-state index in [0.717, 1.165) is 13.8 Å². The van der Waals surface area contributed by atoms with E-state index in [2.05, 4.69) is 10.6 Å². The quantitative estimate of drug-likeness (QED) is 0.0571. The number of hydrogen-bond acceptors (Lipinski definition) is 34. The van der Waals surface area contributed by atoms with Crippen LogP contribution in [0, 0.1) is 0 Å². The molecule has 2 amide bonds. The molecule has 7 fully saturated rings. The van der Waals surface area contributed by atoms with Crippen molar-refractivity contribution in [1.29, 1.82) is 0 Å². The fourth-order valence-corrected chi connectivity index (χ4v) is 10.3. The van der Waals surface area contributed by atoms with Crippen molar-refractivity contribution in [2.75, 3.05) is 39.6 Å². The number of carbonyl (C=O) groups excluding carboxylic acids is 2. The molecule has 0 bridgehead atoms. The first-order valence-electron chi connectivity index (χ1n) is 25.9. The molecule has 34 atom stereocenters. The number of hydrogen-bond donors (Lipinski definition) is 21. The highest BCUT2D eigenvalue weighted by Crippen LogP contribution is 2.38. The first-order valence-corrected chi connectivity index (χ1v) is 25.9. The Morgan fingerprint density at radius 3 is 1.42 bits per heavy atom. The summed E-state index contributed by atoms with van der Waals surface area (Å²) >= 11 is 0. The molecule has 470 valence electrons. The summed E-state index contributed by atoms with van der Waals surface area (Å²) in [6.45, 7) is -2.40. The van der Waals surface area contributed by atoms with Crippen LogP contribution in [0.4, 0.5) is 0 Å². The maximum atomic E-state index is 13.0. The second kappa shape index (κ2) is 28.4. The third-order valence-corrected chi connectivity index (χ3v) is 14.9. The molecule has 0 unspecified atom stereocenters. The maximum absolute atomic E-state index is 13.0. The van der Waals surface area contributed by atoms with Crippen molar-refractivity contribution in [1.82, 2.24) is 10.6 Å². The van der Waals surface area contributed by atoms with Gasteiger partial charge in [-0.1, -0.05) is 0 Å². The predicted molar refractivity (Wildman–Crippen MR) is 248 cm³/mol. The van der Waals surface area contributed by atoms with Gasteiger partial charge in [-0.2, -0.15) is 0 Å². The van der Waals surface area contributed by atoms with Crippen LogP contribution < -0.4 is 10.6 Å². The zero-order valence-corrected chi connectivity index (χ0v) is 43.5. The molecule has 0 aliphatic carbocycles. The van der Waals surface area contributed by atoms with Crippen LogP contribution in [-0.2, 0) is 71.2 Å². The van der Waals surface area contributed by atoms with Crippen LogP contribution in [0.1, 0.15) is 20.8 Å². The number of aliphatic hydroxyl groups is 19. The highest BCUT2D eigenvalue weighted by atomic mass is 16.8. The summed E-state index contributed by atoms with van der Waals surface area (Å²) in [5.74, 6) is -1.70. The van der Waals surface area contributed by atoms with Gasteiger partial charge in [0.1, 0.15) is 159 Å². The predicted octanol–water partition coefficient (Wildman–Crippen LogP) is -14.3. The third-order valence-electron chi connectivity index (χ3n) is 14.9. The van der Waals surface area contributed by atoms with E-state index in [0.29, 0.717) is 0 Å². The Hall–Kier alpha value is -2.34. The molecule has 7 heterocycles. The van der Waals surface area contributed by atoms with Crippen molar-refractivity contribution in [2.24, 2.45) is 0 Å². The number of rotatable bonds is 19. The highest BCUT2D eigenvalue weighted by Gasteiger charge is 2.59. The molecule has 36 heteroatoms. The van der Waals surface area contributed by atoms with Gasteiger partial charge in [0, 0.05) is 13.8 Å². The Morgan fingerprint density at radius 1 is 0.395 bits per heavy atom. The van der Waals surface area contributed by atoms with E-state index in [1.165, 1.54) is 6.92 Å². The minimum absolute atomic E-state index is 0.710. The molecule has 0 radical (unpaired) electrons.